The summed E-state index contributed by atoms with van der Waals surface area (Å²) in [6.07, 6.45) is -3.76. The molecule has 0 bridgehead atoms. The van der Waals surface area contributed by atoms with Crippen LogP contribution in [-0.4, -0.2) is 39.3 Å². The van der Waals surface area contributed by atoms with Crippen molar-refractivity contribution in [3.8, 4) is 0 Å². The van der Waals surface area contributed by atoms with Crippen LogP contribution in [0.5, 0.6) is 0 Å². The van der Waals surface area contributed by atoms with E-state index in [1.165, 1.54) is 29.5 Å². The molecule has 0 saturated carbocycles. The van der Waals surface area contributed by atoms with Gasteiger partial charge in [-0.15, -0.1) is 0 Å². The lowest BCUT2D eigenvalue weighted by molar-refractivity contribution is -0.181. The standard InChI is InChI=1S/C10H13BrFIO6/c1-5(17-4-14)8(18-6(2)15)9(10(11,12)13)19-7(3)16/h4-5,8-9H,1-3H3/t5-,8+,9+,10?/m0/s1. The fourth-order valence-corrected chi connectivity index (χ4v) is 2.09. The number of carbonyl (C=O) groups excluding carboxylic acids is 3. The smallest absolute Gasteiger partial charge is 0.303 e. The molecular formula is C10H13BrFIO6. The molecule has 0 fully saturated rings. The molecule has 0 rings (SSSR count). The Morgan fingerprint density at radius 2 is 1.79 bits per heavy atom. The zero-order valence-corrected chi connectivity index (χ0v) is 14.1. The van der Waals surface area contributed by atoms with Gasteiger partial charge in [-0.1, -0.05) is 0 Å². The first kappa shape index (κ1) is 18.6. The number of ether oxygens (including phenoxy) is 3. The molecular weight excluding hydrogens is 442 g/mol. The predicted molar refractivity (Wildman–Crippen MR) is 74.5 cm³/mol. The lowest BCUT2D eigenvalue weighted by Crippen LogP contribution is -2.49. The molecule has 0 aromatic rings. The zero-order chi connectivity index (χ0) is 15.2. The maximum Gasteiger partial charge on any atom is 0.303 e. The molecule has 0 radical (unpaired) electrons. The molecule has 1 unspecified atom stereocenters. The van der Waals surface area contributed by atoms with Gasteiger partial charge >= 0.3 is 11.9 Å². The molecule has 0 aliphatic carbocycles. The second kappa shape index (κ2) is 7.98. The maximum atomic E-state index is 14.0. The van der Waals surface area contributed by atoms with Crippen LogP contribution in [0.15, 0.2) is 0 Å². The Labute approximate surface area is 131 Å². The summed E-state index contributed by atoms with van der Waals surface area (Å²) in [7, 11) is 0. The van der Waals surface area contributed by atoms with Gasteiger partial charge in [-0.2, -0.15) is 0 Å². The summed E-state index contributed by atoms with van der Waals surface area (Å²) in [5, 5.41) is 0. The van der Waals surface area contributed by atoms with E-state index in [1.54, 1.807) is 0 Å². The number of carbonyl (C=O) groups is 3. The molecule has 19 heavy (non-hydrogen) atoms. The second-order valence-electron chi connectivity index (χ2n) is 3.58. The zero-order valence-electron chi connectivity index (χ0n) is 10.4. The summed E-state index contributed by atoms with van der Waals surface area (Å²) in [4.78, 5) is 32.4. The molecule has 0 spiro atoms. The Hall–Kier alpha value is -0.450. The first-order chi connectivity index (χ1) is 8.59. The van der Waals surface area contributed by atoms with Gasteiger partial charge in [-0.05, 0) is 45.4 Å². The molecule has 0 amide bonds. The molecule has 0 aliphatic rings. The normalized spacial score (nSPS) is 18.4. The summed E-state index contributed by atoms with van der Waals surface area (Å²) in [6, 6.07) is 0. The van der Waals surface area contributed by atoms with E-state index in [9.17, 15) is 18.8 Å². The van der Waals surface area contributed by atoms with Crippen LogP contribution in [0.3, 0.4) is 0 Å². The average molecular weight is 455 g/mol. The SMILES string of the molecule is CC(=O)O[C@H]([C@H](C)OC=O)[C@@H](OC(C)=O)C(F)(Br)I. The topological polar surface area (TPSA) is 78.9 Å². The van der Waals surface area contributed by atoms with Crippen LogP contribution in [0.4, 0.5) is 4.39 Å². The van der Waals surface area contributed by atoms with Crippen molar-refractivity contribution in [2.24, 2.45) is 0 Å². The van der Waals surface area contributed by atoms with Crippen LogP contribution in [0.2, 0.25) is 0 Å². The van der Waals surface area contributed by atoms with Crippen LogP contribution in [0.25, 0.3) is 0 Å². The van der Waals surface area contributed by atoms with Gasteiger partial charge in [0, 0.05) is 13.8 Å². The molecule has 110 valence electrons. The minimum Gasteiger partial charge on any atom is -0.461 e. The highest BCUT2D eigenvalue weighted by Gasteiger charge is 2.47. The summed E-state index contributed by atoms with van der Waals surface area (Å²) in [5.41, 5.74) is 0. The van der Waals surface area contributed by atoms with Gasteiger partial charge in [-0.25, -0.2) is 4.39 Å². The molecule has 0 N–H and O–H groups in total. The second-order valence-corrected chi connectivity index (χ2v) is 7.79. The highest BCUT2D eigenvalue weighted by Crippen LogP contribution is 2.38. The van der Waals surface area contributed by atoms with Crippen molar-refractivity contribution >= 4 is 56.9 Å². The molecule has 4 atom stereocenters. The number of alkyl halides is 3. The Balaban J connectivity index is 5.27. The monoisotopic (exact) mass is 454 g/mol. The van der Waals surface area contributed by atoms with E-state index >= 15 is 0 Å². The highest BCUT2D eigenvalue weighted by atomic mass is 127. The van der Waals surface area contributed by atoms with Gasteiger partial charge < -0.3 is 14.2 Å². The molecule has 0 aromatic heterocycles. The molecule has 0 heterocycles. The Kier molecular flexibility index (Phi) is 7.79. The van der Waals surface area contributed by atoms with E-state index < -0.39 is 32.8 Å². The van der Waals surface area contributed by atoms with Crippen LogP contribution in [0.1, 0.15) is 20.8 Å². The van der Waals surface area contributed by atoms with E-state index in [0.29, 0.717) is 0 Å². The molecule has 9 heteroatoms. The van der Waals surface area contributed by atoms with E-state index in [-0.39, 0.29) is 6.47 Å². The van der Waals surface area contributed by atoms with Crippen molar-refractivity contribution < 1.29 is 33.0 Å². The van der Waals surface area contributed by atoms with Crippen molar-refractivity contribution in [2.75, 3.05) is 0 Å². The summed E-state index contributed by atoms with van der Waals surface area (Å²) in [6.45, 7) is 3.70. The van der Waals surface area contributed by atoms with E-state index in [2.05, 4.69) is 20.7 Å². The van der Waals surface area contributed by atoms with Crippen LogP contribution in [-0.2, 0) is 28.6 Å². The minimum absolute atomic E-state index is 0.132. The maximum absolute atomic E-state index is 14.0. The van der Waals surface area contributed by atoms with Gasteiger partial charge in [0.25, 0.3) is 9.06 Å². The van der Waals surface area contributed by atoms with E-state index in [0.717, 1.165) is 13.8 Å². The first-order valence-electron chi connectivity index (χ1n) is 5.09. The van der Waals surface area contributed by atoms with Crippen molar-refractivity contribution in [2.45, 2.75) is 41.7 Å². The highest BCUT2D eigenvalue weighted by molar-refractivity contribution is 14.1. The Bertz CT molecular complexity index is 345. The van der Waals surface area contributed by atoms with Crippen LogP contribution < -0.4 is 0 Å². The van der Waals surface area contributed by atoms with Gasteiger partial charge in [0.2, 0.25) is 0 Å². The van der Waals surface area contributed by atoms with Crippen LogP contribution >= 0.6 is 38.5 Å². The van der Waals surface area contributed by atoms with Gasteiger partial charge in [0.05, 0.1) is 0 Å². The number of rotatable bonds is 7. The summed E-state index contributed by atoms with van der Waals surface area (Å²) in [5.74, 6) is -1.49. The molecule has 0 aliphatic heterocycles. The molecule has 6 nitrogen and oxygen atoms in total. The van der Waals surface area contributed by atoms with Crippen molar-refractivity contribution in [1.82, 2.24) is 0 Å². The third kappa shape index (κ3) is 7.04. The third-order valence-corrected chi connectivity index (χ3v) is 3.01. The quantitative estimate of drug-likeness (QED) is 0.192. The summed E-state index contributed by atoms with van der Waals surface area (Å²) < 4.78 is 26.1. The van der Waals surface area contributed by atoms with Crippen molar-refractivity contribution in [3.63, 3.8) is 0 Å². The van der Waals surface area contributed by atoms with Gasteiger partial charge in [0.1, 0.15) is 6.10 Å². The summed E-state index contributed by atoms with van der Waals surface area (Å²) >= 11 is 4.02. The largest absolute Gasteiger partial charge is 0.461 e. The number of esters is 2. The fourth-order valence-electron chi connectivity index (χ4n) is 1.26. The minimum atomic E-state index is -2.20. The van der Waals surface area contributed by atoms with Crippen molar-refractivity contribution in [3.05, 3.63) is 0 Å². The van der Waals surface area contributed by atoms with Crippen LogP contribution in [0, 0.1) is 0 Å². The molecule has 0 aromatic carbocycles. The average Bonchev–Trinajstić information content (AvgIpc) is 2.21. The van der Waals surface area contributed by atoms with Crippen molar-refractivity contribution in [1.29, 1.82) is 0 Å². The predicted octanol–water partition coefficient (Wildman–Crippen LogP) is 1.86. The first-order valence-corrected chi connectivity index (χ1v) is 6.97. The van der Waals surface area contributed by atoms with Gasteiger partial charge in [0.15, 0.2) is 12.2 Å². The molecule has 0 saturated heterocycles. The Morgan fingerprint density at radius 3 is 2.11 bits per heavy atom. The fraction of sp³-hybridized carbons (Fsp3) is 0.700. The Morgan fingerprint density at radius 1 is 1.32 bits per heavy atom. The lowest BCUT2D eigenvalue weighted by Gasteiger charge is -2.32. The number of hydrogen-bond acceptors (Lipinski definition) is 6. The third-order valence-electron chi connectivity index (χ3n) is 1.95. The van der Waals surface area contributed by atoms with E-state index in [4.69, 9.17) is 9.47 Å². The van der Waals surface area contributed by atoms with E-state index in [1.807, 2.05) is 0 Å². The lowest BCUT2D eigenvalue weighted by atomic mass is 10.1. The van der Waals surface area contributed by atoms with Gasteiger partial charge in [-0.3, -0.25) is 14.4 Å². The number of halogens is 3. The number of hydrogen-bond donors (Lipinski definition) is 0.